The van der Waals surface area contributed by atoms with Crippen molar-refractivity contribution in [3.63, 3.8) is 0 Å². The zero-order chi connectivity index (χ0) is 17.2. The van der Waals surface area contributed by atoms with E-state index >= 15 is 0 Å². The second kappa shape index (κ2) is 6.45. The Hall–Kier alpha value is -2.66. The lowest BCUT2D eigenvalue weighted by atomic mass is 10.1. The second-order valence-corrected chi connectivity index (χ2v) is 7.47. The fourth-order valence-electron chi connectivity index (χ4n) is 2.51. The lowest BCUT2D eigenvalue weighted by molar-refractivity contribution is 0.594. The van der Waals surface area contributed by atoms with Crippen LogP contribution in [0.1, 0.15) is 5.56 Å². The van der Waals surface area contributed by atoms with Gasteiger partial charge in [0.15, 0.2) is 0 Å². The van der Waals surface area contributed by atoms with E-state index in [9.17, 15) is 8.42 Å². The summed E-state index contributed by atoms with van der Waals surface area (Å²) in [6.45, 7) is 1.98. The van der Waals surface area contributed by atoms with Gasteiger partial charge in [0.05, 0.1) is 16.3 Å². The molecule has 1 aromatic heterocycles. The van der Waals surface area contributed by atoms with Crippen LogP contribution in [0, 0.1) is 6.92 Å². The lowest BCUT2D eigenvalue weighted by Gasteiger charge is -2.19. The summed E-state index contributed by atoms with van der Waals surface area (Å²) in [5, 5.41) is 0. The van der Waals surface area contributed by atoms with Crippen molar-refractivity contribution in [2.45, 2.75) is 11.8 Å². The molecule has 0 N–H and O–H groups in total. The highest BCUT2D eigenvalue weighted by molar-refractivity contribution is 7.92. The Morgan fingerprint density at radius 3 is 2.17 bits per heavy atom. The maximum absolute atomic E-state index is 12.8. The van der Waals surface area contributed by atoms with Crippen molar-refractivity contribution in [2.24, 2.45) is 0 Å². The van der Waals surface area contributed by atoms with Gasteiger partial charge in [-0.2, -0.15) is 0 Å². The number of rotatable bonds is 4. The summed E-state index contributed by atoms with van der Waals surface area (Å²) < 4.78 is 26.8. The average Bonchev–Trinajstić information content (AvgIpc) is 2.62. The molecule has 0 aliphatic carbocycles. The van der Waals surface area contributed by atoms with E-state index in [1.165, 1.54) is 4.31 Å². The predicted octanol–water partition coefficient (Wildman–Crippen LogP) is 3.88. The third-order valence-electron chi connectivity index (χ3n) is 3.92. The van der Waals surface area contributed by atoms with Crippen molar-refractivity contribution >= 4 is 15.7 Å². The predicted molar refractivity (Wildman–Crippen MR) is 96.4 cm³/mol. The van der Waals surface area contributed by atoms with Crippen molar-refractivity contribution in [3.8, 4) is 11.3 Å². The van der Waals surface area contributed by atoms with Gasteiger partial charge in [0.1, 0.15) is 0 Å². The number of benzene rings is 2. The summed E-state index contributed by atoms with van der Waals surface area (Å²) in [6, 6.07) is 19.7. The van der Waals surface area contributed by atoms with Gasteiger partial charge in [-0.15, -0.1) is 0 Å². The number of hydrogen-bond acceptors (Lipinski definition) is 3. The van der Waals surface area contributed by atoms with Crippen LogP contribution in [0.2, 0.25) is 0 Å². The van der Waals surface area contributed by atoms with Gasteiger partial charge in [0.25, 0.3) is 10.0 Å². The van der Waals surface area contributed by atoms with Gasteiger partial charge in [0.2, 0.25) is 0 Å². The Labute approximate surface area is 142 Å². The molecule has 0 aliphatic heterocycles. The Kier molecular flexibility index (Phi) is 4.36. The van der Waals surface area contributed by atoms with Crippen LogP contribution in [0.25, 0.3) is 11.3 Å². The minimum absolute atomic E-state index is 0.256. The highest BCUT2D eigenvalue weighted by Crippen LogP contribution is 2.25. The van der Waals surface area contributed by atoms with E-state index < -0.39 is 10.0 Å². The molecule has 2 aromatic carbocycles. The molecule has 0 atom stereocenters. The molecule has 0 bridgehead atoms. The molecule has 1 heterocycles. The summed E-state index contributed by atoms with van der Waals surface area (Å²) in [5.41, 5.74) is 3.43. The van der Waals surface area contributed by atoms with E-state index in [-0.39, 0.29) is 4.90 Å². The molecule has 0 saturated heterocycles. The minimum Gasteiger partial charge on any atom is -0.269 e. The monoisotopic (exact) mass is 338 g/mol. The van der Waals surface area contributed by atoms with Crippen molar-refractivity contribution < 1.29 is 8.42 Å². The summed E-state index contributed by atoms with van der Waals surface area (Å²) in [7, 11) is -2.03. The Balaban J connectivity index is 1.94. The van der Waals surface area contributed by atoms with Gasteiger partial charge in [-0.1, -0.05) is 36.4 Å². The molecule has 122 valence electrons. The molecule has 0 fully saturated rings. The summed E-state index contributed by atoms with van der Waals surface area (Å²) >= 11 is 0. The molecule has 0 spiro atoms. The van der Waals surface area contributed by atoms with E-state index in [2.05, 4.69) is 4.98 Å². The smallest absolute Gasteiger partial charge is 0.264 e. The molecule has 5 heteroatoms. The molecular weight excluding hydrogens is 320 g/mol. The van der Waals surface area contributed by atoms with Crippen LogP contribution in [-0.4, -0.2) is 20.4 Å². The first kappa shape index (κ1) is 16.2. The molecule has 3 rings (SSSR count). The molecule has 24 heavy (non-hydrogen) atoms. The van der Waals surface area contributed by atoms with E-state index in [4.69, 9.17) is 0 Å². The fourth-order valence-corrected chi connectivity index (χ4v) is 3.70. The Morgan fingerprint density at radius 2 is 1.54 bits per heavy atom. The van der Waals surface area contributed by atoms with Crippen LogP contribution in [0.3, 0.4) is 0 Å². The largest absolute Gasteiger partial charge is 0.269 e. The van der Waals surface area contributed by atoms with Crippen molar-refractivity contribution in [1.82, 2.24) is 4.98 Å². The number of anilines is 1. The van der Waals surface area contributed by atoms with E-state index in [1.807, 2.05) is 37.3 Å². The van der Waals surface area contributed by atoms with Gasteiger partial charge in [-0.05, 0) is 42.8 Å². The fraction of sp³-hybridized carbons (Fsp3) is 0.105. The van der Waals surface area contributed by atoms with E-state index in [0.29, 0.717) is 5.69 Å². The number of nitrogens with zero attached hydrogens (tertiary/aromatic N) is 2. The van der Waals surface area contributed by atoms with Gasteiger partial charge in [-0.25, -0.2) is 8.42 Å². The number of hydrogen-bond donors (Lipinski definition) is 0. The number of aromatic nitrogens is 1. The molecular formula is C19H18N2O2S. The standard InChI is InChI=1S/C19H18N2O2S/c1-15-7-6-14-20-19(15)16-10-12-18(13-11-16)24(22,23)21(2)17-8-4-3-5-9-17/h3-14H,1-2H3. The normalized spacial score (nSPS) is 11.2. The maximum atomic E-state index is 12.8. The number of sulfonamides is 1. The first-order chi connectivity index (χ1) is 11.5. The third-order valence-corrected chi connectivity index (χ3v) is 5.72. The van der Waals surface area contributed by atoms with E-state index in [1.54, 1.807) is 49.6 Å². The molecule has 0 radical (unpaired) electrons. The van der Waals surface area contributed by atoms with Crippen molar-refractivity contribution in [1.29, 1.82) is 0 Å². The lowest BCUT2D eigenvalue weighted by Crippen LogP contribution is -2.26. The molecule has 0 aliphatic rings. The number of aryl methyl sites for hydroxylation is 1. The quantitative estimate of drug-likeness (QED) is 0.725. The van der Waals surface area contributed by atoms with Crippen LogP contribution >= 0.6 is 0 Å². The first-order valence-corrected chi connectivity index (χ1v) is 9.00. The van der Waals surface area contributed by atoms with Crippen molar-refractivity contribution in [3.05, 3.63) is 78.5 Å². The van der Waals surface area contributed by atoms with Gasteiger partial charge >= 0.3 is 0 Å². The van der Waals surface area contributed by atoms with E-state index in [0.717, 1.165) is 16.8 Å². The van der Waals surface area contributed by atoms with Crippen LogP contribution in [0.5, 0.6) is 0 Å². The molecule has 0 unspecified atom stereocenters. The van der Waals surface area contributed by atoms with Crippen LogP contribution in [-0.2, 0) is 10.0 Å². The van der Waals surface area contributed by atoms with Crippen LogP contribution in [0.4, 0.5) is 5.69 Å². The van der Waals surface area contributed by atoms with Gasteiger partial charge in [-0.3, -0.25) is 9.29 Å². The summed E-state index contributed by atoms with van der Waals surface area (Å²) in [5.74, 6) is 0. The summed E-state index contributed by atoms with van der Waals surface area (Å²) in [4.78, 5) is 4.62. The van der Waals surface area contributed by atoms with Gasteiger partial charge < -0.3 is 0 Å². The first-order valence-electron chi connectivity index (χ1n) is 7.56. The average molecular weight is 338 g/mol. The second-order valence-electron chi connectivity index (χ2n) is 5.50. The third kappa shape index (κ3) is 3.03. The molecule has 0 saturated carbocycles. The number of pyridine rings is 1. The molecule has 3 aromatic rings. The highest BCUT2D eigenvalue weighted by Gasteiger charge is 2.21. The zero-order valence-corrected chi connectivity index (χ0v) is 14.4. The SMILES string of the molecule is Cc1cccnc1-c1ccc(S(=O)(=O)N(C)c2ccccc2)cc1. The Bertz CT molecular complexity index is 937. The Morgan fingerprint density at radius 1 is 0.875 bits per heavy atom. The number of para-hydroxylation sites is 1. The minimum atomic E-state index is -3.59. The highest BCUT2D eigenvalue weighted by atomic mass is 32.2. The zero-order valence-electron chi connectivity index (χ0n) is 13.5. The van der Waals surface area contributed by atoms with Crippen molar-refractivity contribution in [2.75, 3.05) is 11.4 Å². The van der Waals surface area contributed by atoms with Crippen LogP contribution < -0.4 is 4.31 Å². The molecule has 4 nitrogen and oxygen atoms in total. The van der Waals surface area contributed by atoms with Crippen LogP contribution in [0.15, 0.2) is 77.8 Å². The summed E-state index contributed by atoms with van der Waals surface area (Å²) in [6.07, 6.45) is 1.73. The molecule has 0 amide bonds. The van der Waals surface area contributed by atoms with Gasteiger partial charge in [0, 0.05) is 18.8 Å². The topological polar surface area (TPSA) is 50.3 Å². The maximum Gasteiger partial charge on any atom is 0.264 e.